The molecule has 128 valence electrons. The van der Waals surface area contributed by atoms with E-state index in [2.05, 4.69) is 22.4 Å². The predicted octanol–water partition coefficient (Wildman–Crippen LogP) is 3.29. The number of aromatic nitrogens is 2. The number of carbonyl (C=O) groups is 1. The van der Waals surface area contributed by atoms with E-state index in [0.717, 1.165) is 29.0 Å². The van der Waals surface area contributed by atoms with Gasteiger partial charge in [-0.2, -0.15) is 5.10 Å². The summed E-state index contributed by atoms with van der Waals surface area (Å²) in [5, 5.41) is 10.0. The summed E-state index contributed by atoms with van der Waals surface area (Å²) >= 11 is 1.58. The first-order valence-electron chi connectivity index (χ1n) is 7.91. The number of methoxy groups -OCH3 is 1. The van der Waals surface area contributed by atoms with Crippen LogP contribution in [0.2, 0.25) is 0 Å². The summed E-state index contributed by atoms with van der Waals surface area (Å²) in [5.41, 5.74) is 3.02. The average molecular weight is 347 g/mol. The smallest absolute Gasteiger partial charge is 0.235 e. The van der Waals surface area contributed by atoms with Crippen molar-refractivity contribution in [2.45, 2.75) is 25.5 Å². The van der Waals surface area contributed by atoms with Crippen molar-refractivity contribution in [2.75, 3.05) is 24.8 Å². The maximum absolute atomic E-state index is 11.9. The van der Waals surface area contributed by atoms with Crippen LogP contribution in [-0.4, -0.2) is 35.6 Å². The molecule has 3 rings (SSSR count). The Morgan fingerprint density at radius 1 is 1.38 bits per heavy atom. The van der Waals surface area contributed by atoms with Crippen LogP contribution < -0.4 is 14.8 Å². The molecule has 0 unspecified atom stereocenters. The summed E-state index contributed by atoms with van der Waals surface area (Å²) in [4.78, 5) is 11.9. The number of aromatic amines is 1. The molecule has 0 saturated carbocycles. The monoisotopic (exact) mass is 347 g/mol. The average Bonchev–Trinajstić information content (AvgIpc) is 2.84. The number of nitrogens with one attached hydrogen (secondary N) is 2. The van der Waals surface area contributed by atoms with E-state index in [9.17, 15) is 4.79 Å². The molecular weight excluding hydrogens is 326 g/mol. The summed E-state index contributed by atoms with van der Waals surface area (Å²) in [7, 11) is 1.64. The maximum atomic E-state index is 11.9. The minimum Gasteiger partial charge on any atom is -0.493 e. The van der Waals surface area contributed by atoms with E-state index in [-0.39, 0.29) is 11.2 Å². The number of amides is 1. The minimum absolute atomic E-state index is 0.00632. The van der Waals surface area contributed by atoms with Crippen molar-refractivity contribution in [2.24, 2.45) is 0 Å². The molecule has 0 fully saturated rings. The highest BCUT2D eigenvalue weighted by atomic mass is 32.2. The van der Waals surface area contributed by atoms with Gasteiger partial charge in [-0.3, -0.25) is 9.89 Å². The lowest BCUT2D eigenvalue weighted by Gasteiger charge is -2.18. The fraction of sp³-hybridized carbons (Fsp3) is 0.412. The molecule has 1 atom stereocenters. The highest BCUT2D eigenvalue weighted by Gasteiger charge is 2.28. The Morgan fingerprint density at radius 3 is 2.96 bits per heavy atom. The SMILES string of the molecule is CCCOc1ccc([C@@H]2SCC(=O)Nc3n[nH]c(C)c32)cc1OC. The Morgan fingerprint density at radius 2 is 2.21 bits per heavy atom. The number of ether oxygens (including phenoxy) is 2. The Hall–Kier alpha value is -2.15. The lowest BCUT2D eigenvalue weighted by atomic mass is 10.0. The van der Waals surface area contributed by atoms with Crippen LogP contribution in [0.15, 0.2) is 18.2 Å². The van der Waals surface area contributed by atoms with Gasteiger partial charge in [-0.05, 0) is 31.0 Å². The van der Waals surface area contributed by atoms with Crippen LogP contribution in [0, 0.1) is 6.92 Å². The van der Waals surface area contributed by atoms with E-state index in [1.807, 2.05) is 25.1 Å². The molecule has 0 bridgehead atoms. The van der Waals surface area contributed by atoms with E-state index in [1.165, 1.54) is 0 Å². The second kappa shape index (κ2) is 7.17. The number of aryl methyl sites for hydroxylation is 1. The van der Waals surface area contributed by atoms with Gasteiger partial charge >= 0.3 is 0 Å². The van der Waals surface area contributed by atoms with Gasteiger partial charge in [0.05, 0.1) is 24.7 Å². The zero-order valence-corrected chi connectivity index (χ0v) is 14.8. The Kier molecular flexibility index (Phi) is 4.99. The van der Waals surface area contributed by atoms with Crippen LogP contribution >= 0.6 is 11.8 Å². The van der Waals surface area contributed by atoms with Crippen LogP contribution in [0.4, 0.5) is 5.82 Å². The molecule has 0 aliphatic carbocycles. The van der Waals surface area contributed by atoms with Crippen LogP contribution in [-0.2, 0) is 4.79 Å². The first-order valence-corrected chi connectivity index (χ1v) is 8.96. The van der Waals surface area contributed by atoms with Gasteiger partial charge in [0, 0.05) is 11.3 Å². The largest absolute Gasteiger partial charge is 0.493 e. The van der Waals surface area contributed by atoms with Crippen LogP contribution in [0.3, 0.4) is 0 Å². The number of benzene rings is 1. The third-order valence-electron chi connectivity index (χ3n) is 3.85. The highest BCUT2D eigenvalue weighted by molar-refractivity contribution is 8.00. The normalized spacial score (nSPS) is 17.0. The fourth-order valence-electron chi connectivity index (χ4n) is 2.71. The topological polar surface area (TPSA) is 76.2 Å². The van der Waals surface area contributed by atoms with Gasteiger partial charge in [-0.15, -0.1) is 11.8 Å². The fourth-order valence-corrected chi connectivity index (χ4v) is 3.89. The molecule has 0 saturated heterocycles. The third-order valence-corrected chi connectivity index (χ3v) is 5.12. The number of H-pyrrole nitrogens is 1. The quantitative estimate of drug-likeness (QED) is 0.868. The molecular formula is C17H21N3O3S. The summed E-state index contributed by atoms with van der Waals surface area (Å²) in [6.45, 7) is 4.68. The van der Waals surface area contributed by atoms with Crippen molar-refractivity contribution in [1.82, 2.24) is 10.2 Å². The van der Waals surface area contributed by atoms with E-state index >= 15 is 0 Å². The van der Waals surface area contributed by atoms with Gasteiger partial charge in [0.25, 0.3) is 0 Å². The Labute approximate surface area is 145 Å². The predicted molar refractivity (Wildman–Crippen MR) is 95.0 cm³/mol. The molecule has 6 nitrogen and oxygen atoms in total. The van der Waals surface area contributed by atoms with Crippen molar-refractivity contribution in [3.63, 3.8) is 0 Å². The summed E-state index contributed by atoms with van der Waals surface area (Å²) < 4.78 is 11.2. The highest BCUT2D eigenvalue weighted by Crippen LogP contribution is 2.44. The lowest BCUT2D eigenvalue weighted by Crippen LogP contribution is -2.12. The van der Waals surface area contributed by atoms with Crippen molar-refractivity contribution in [3.8, 4) is 11.5 Å². The zero-order valence-electron chi connectivity index (χ0n) is 14.0. The van der Waals surface area contributed by atoms with Gasteiger partial charge in [0.2, 0.25) is 5.91 Å². The van der Waals surface area contributed by atoms with E-state index in [1.54, 1.807) is 18.9 Å². The van der Waals surface area contributed by atoms with Crippen molar-refractivity contribution >= 4 is 23.5 Å². The summed E-state index contributed by atoms with van der Waals surface area (Å²) in [5.74, 6) is 2.40. The molecule has 1 aromatic heterocycles. The number of hydrogen-bond acceptors (Lipinski definition) is 5. The molecule has 1 aliphatic heterocycles. The first-order chi connectivity index (χ1) is 11.6. The summed E-state index contributed by atoms with van der Waals surface area (Å²) in [6, 6.07) is 5.94. The van der Waals surface area contributed by atoms with Crippen LogP contribution in [0.25, 0.3) is 0 Å². The molecule has 2 N–H and O–H groups in total. The van der Waals surface area contributed by atoms with Crippen LogP contribution in [0.1, 0.15) is 35.4 Å². The summed E-state index contributed by atoms with van der Waals surface area (Å²) in [6.07, 6.45) is 0.939. The number of nitrogens with zero attached hydrogens (tertiary/aromatic N) is 1. The number of anilines is 1. The number of rotatable bonds is 5. The van der Waals surface area contributed by atoms with E-state index in [4.69, 9.17) is 9.47 Å². The molecule has 1 aliphatic rings. The van der Waals surface area contributed by atoms with Gasteiger partial charge < -0.3 is 14.8 Å². The second-order valence-corrected chi connectivity index (χ2v) is 6.70. The van der Waals surface area contributed by atoms with Gasteiger partial charge in [-0.1, -0.05) is 13.0 Å². The Bertz CT molecular complexity index is 745. The zero-order chi connectivity index (χ0) is 17.1. The number of hydrogen-bond donors (Lipinski definition) is 2. The standard InChI is InChI=1S/C17H21N3O3S/c1-4-7-23-12-6-5-11(8-13(12)22-3)16-15-10(2)19-20-17(15)18-14(21)9-24-16/h5-6,8,16H,4,7,9H2,1-3H3,(H2,18,19,20,21)/t16-/m0/s1. The molecule has 2 heterocycles. The lowest BCUT2D eigenvalue weighted by molar-refractivity contribution is -0.113. The van der Waals surface area contributed by atoms with Crippen molar-refractivity contribution < 1.29 is 14.3 Å². The molecule has 0 spiro atoms. The van der Waals surface area contributed by atoms with Gasteiger partial charge in [-0.25, -0.2) is 0 Å². The minimum atomic E-state index is -0.0369. The maximum Gasteiger partial charge on any atom is 0.235 e. The first kappa shape index (κ1) is 16.7. The molecule has 1 aromatic carbocycles. The molecule has 2 aromatic rings. The Balaban J connectivity index is 1.99. The number of carbonyl (C=O) groups excluding carboxylic acids is 1. The molecule has 7 heteroatoms. The molecule has 24 heavy (non-hydrogen) atoms. The number of fused-ring (bicyclic) bond motifs is 1. The molecule has 0 radical (unpaired) electrons. The van der Waals surface area contributed by atoms with E-state index < -0.39 is 0 Å². The van der Waals surface area contributed by atoms with Gasteiger partial charge in [0.15, 0.2) is 17.3 Å². The number of thioether (sulfide) groups is 1. The van der Waals surface area contributed by atoms with Crippen molar-refractivity contribution in [3.05, 3.63) is 35.0 Å². The second-order valence-electron chi connectivity index (χ2n) is 5.61. The molecule has 1 amide bonds. The van der Waals surface area contributed by atoms with Crippen LogP contribution in [0.5, 0.6) is 11.5 Å². The van der Waals surface area contributed by atoms with Gasteiger partial charge in [0.1, 0.15) is 0 Å². The van der Waals surface area contributed by atoms with Crippen molar-refractivity contribution in [1.29, 1.82) is 0 Å². The third kappa shape index (κ3) is 3.21. The van der Waals surface area contributed by atoms with E-state index in [0.29, 0.717) is 23.9 Å².